The summed E-state index contributed by atoms with van der Waals surface area (Å²) in [5.41, 5.74) is 6.35. The molecule has 6 rings (SSSR count). The number of nitrogens with two attached hydrogens (primary N) is 1. The third-order valence-electron chi connectivity index (χ3n) is 6.97. The number of aromatic nitrogens is 2. The molecule has 32 heavy (non-hydrogen) atoms. The third kappa shape index (κ3) is 3.77. The maximum atomic E-state index is 13.2. The second kappa shape index (κ2) is 8.78. The predicted octanol–water partition coefficient (Wildman–Crippen LogP) is 2.26. The molecule has 4 heterocycles. The van der Waals surface area contributed by atoms with Gasteiger partial charge in [0.15, 0.2) is 11.5 Å². The van der Waals surface area contributed by atoms with Crippen molar-refractivity contribution in [1.82, 2.24) is 14.9 Å². The SMILES string of the molecule is COc1cc2nc(N3CCN(C(=O)C45CCC(CC4)CO5)CC3)nc(N)c2cc1OC.Cl. The number of benzene rings is 1. The first-order valence-electron chi connectivity index (χ1n) is 10.9. The molecule has 2 bridgehead atoms. The number of carbonyl (C=O) groups excluding carboxylic acids is 1. The number of anilines is 2. The first-order chi connectivity index (χ1) is 15.0. The molecule has 2 aromatic rings. The van der Waals surface area contributed by atoms with Gasteiger partial charge in [-0.1, -0.05) is 0 Å². The molecule has 3 aliphatic heterocycles. The zero-order valence-electron chi connectivity index (χ0n) is 18.5. The Labute approximate surface area is 193 Å². The molecule has 1 saturated carbocycles. The van der Waals surface area contributed by atoms with Gasteiger partial charge in [0, 0.05) is 37.6 Å². The van der Waals surface area contributed by atoms with Crippen molar-refractivity contribution in [3.05, 3.63) is 12.1 Å². The van der Waals surface area contributed by atoms with E-state index in [2.05, 4.69) is 9.88 Å². The van der Waals surface area contributed by atoms with E-state index < -0.39 is 5.60 Å². The van der Waals surface area contributed by atoms with E-state index in [0.29, 0.717) is 60.9 Å². The largest absolute Gasteiger partial charge is 0.493 e. The number of carbonyl (C=O) groups is 1. The van der Waals surface area contributed by atoms with Crippen molar-refractivity contribution in [3.8, 4) is 11.5 Å². The normalized spacial score (nSPS) is 24.9. The van der Waals surface area contributed by atoms with Crippen LogP contribution in [0.3, 0.4) is 0 Å². The van der Waals surface area contributed by atoms with Gasteiger partial charge in [0.25, 0.3) is 5.91 Å². The third-order valence-corrected chi connectivity index (χ3v) is 6.97. The molecule has 0 unspecified atom stereocenters. The monoisotopic (exact) mass is 463 g/mol. The Morgan fingerprint density at radius 2 is 1.75 bits per heavy atom. The van der Waals surface area contributed by atoms with Crippen LogP contribution in [-0.2, 0) is 9.53 Å². The molecule has 1 aromatic heterocycles. The number of nitrogens with zero attached hydrogens (tertiary/aromatic N) is 4. The second-order valence-corrected chi connectivity index (χ2v) is 8.66. The average molecular weight is 464 g/mol. The fourth-order valence-electron chi connectivity index (χ4n) is 5.01. The van der Waals surface area contributed by atoms with Crippen molar-refractivity contribution in [2.75, 3.05) is 57.6 Å². The lowest BCUT2D eigenvalue weighted by atomic mass is 9.75. The maximum Gasteiger partial charge on any atom is 0.254 e. The van der Waals surface area contributed by atoms with Crippen LogP contribution in [0.1, 0.15) is 25.7 Å². The number of halogens is 1. The van der Waals surface area contributed by atoms with Crippen LogP contribution < -0.4 is 20.1 Å². The van der Waals surface area contributed by atoms with E-state index >= 15 is 0 Å². The van der Waals surface area contributed by atoms with Gasteiger partial charge in [-0.15, -0.1) is 12.4 Å². The Morgan fingerprint density at radius 1 is 1.09 bits per heavy atom. The Balaban J connectivity index is 0.00000245. The van der Waals surface area contributed by atoms with Gasteiger partial charge in [-0.2, -0.15) is 4.98 Å². The van der Waals surface area contributed by atoms with Gasteiger partial charge in [-0.05, 0) is 37.7 Å². The summed E-state index contributed by atoms with van der Waals surface area (Å²) in [6.07, 6.45) is 3.91. The molecular weight excluding hydrogens is 434 g/mol. The van der Waals surface area contributed by atoms with Crippen molar-refractivity contribution in [2.24, 2.45) is 5.92 Å². The summed E-state index contributed by atoms with van der Waals surface area (Å²) in [5.74, 6) is 2.93. The highest BCUT2D eigenvalue weighted by molar-refractivity contribution is 5.92. The minimum atomic E-state index is -0.587. The molecule has 10 heteroatoms. The van der Waals surface area contributed by atoms with E-state index in [4.69, 9.17) is 24.9 Å². The van der Waals surface area contributed by atoms with Crippen LogP contribution in [0.5, 0.6) is 11.5 Å². The number of fused-ring (bicyclic) bond motifs is 4. The second-order valence-electron chi connectivity index (χ2n) is 8.66. The first kappa shape index (κ1) is 22.7. The quantitative estimate of drug-likeness (QED) is 0.736. The van der Waals surface area contributed by atoms with E-state index in [9.17, 15) is 4.79 Å². The summed E-state index contributed by atoms with van der Waals surface area (Å²) in [5, 5.41) is 0.722. The summed E-state index contributed by atoms with van der Waals surface area (Å²) in [7, 11) is 3.17. The fraction of sp³-hybridized carbons (Fsp3) is 0.591. The minimum absolute atomic E-state index is 0. The van der Waals surface area contributed by atoms with Gasteiger partial charge < -0.3 is 29.7 Å². The van der Waals surface area contributed by atoms with Crippen LogP contribution in [0.2, 0.25) is 0 Å². The predicted molar refractivity (Wildman–Crippen MR) is 124 cm³/mol. The van der Waals surface area contributed by atoms with Gasteiger partial charge in [0.1, 0.15) is 11.4 Å². The number of nitrogen functional groups attached to an aromatic ring is 1. The summed E-state index contributed by atoms with van der Waals surface area (Å²) in [6.45, 7) is 3.29. The molecule has 2 N–H and O–H groups in total. The zero-order valence-corrected chi connectivity index (χ0v) is 19.3. The Kier molecular flexibility index (Phi) is 6.22. The lowest BCUT2D eigenvalue weighted by Crippen LogP contribution is -2.60. The standard InChI is InChI=1S/C22H29N5O4.ClH/c1-29-17-11-15-16(12-18(17)30-2)24-21(25-19(15)23)27-9-7-26(8-10-27)20(28)22-5-3-14(4-6-22)13-31-22;/h11-12,14H,3-10,13H2,1-2H3,(H2,23,24,25);1H. The lowest BCUT2D eigenvalue weighted by Gasteiger charge is -2.48. The molecule has 0 radical (unpaired) electrons. The smallest absolute Gasteiger partial charge is 0.254 e. The van der Waals surface area contributed by atoms with Crippen LogP contribution in [0, 0.1) is 5.92 Å². The highest BCUT2D eigenvalue weighted by Gasteiger charge is 2.49. The number of piperazine rings is 1. The Bertz CT molecular complexity index is 990. The summed E-state index contributed by atoms with van der Waals surface area (Å²) in [4.78, 5) is 26.5. The minimum Gasteiger partial charge on any atom is -0.493 e. The molecule has 1 amide bonds. The highest BCUT2D eigenvalue weighted by Crippen LogP contribution is 2.42. The molecule has 4 aliphatic rings. The van der Waals surface area contributed by atoms with E-state index in [0.717, 1.165) is 37.7 Å². The average Bonchev–Trinajstić information content (AvgIpc) is 2.84. The fourth-order valence-corrected chi connectivity index (χ4v) is 5.01. The molecule has 174 valence electrons. The van der Waals surface area contributed by atoms with Gasteiger partial charge in [0.2, 0.25) is 5.95 Å². The van der Waals surface area contributed by atoms with Gasteiger partial charge >= 0.3 is 0 Å². The lowest BCUT2D eigenvalue weighted by molar-refractivity contribution is -0.183. The molecule has 0 spiro atoms. The van der Waals surface area contributed by atoms with Crippen LogP contribution in [0.25, 0.3) is 10.9 Å². The number of ether oxygens (including phenoxy) is 3. The molecule has 3 saturated heterocycles. The van der Waals surface area contributed by atoms with Gasteiger partial charge in [0.05, 0.1) is 26.3 Å². The van der Waals surface area contributed by atoms with Gasteiger partial charge in [-0.25, -0.2) is 4.98 Å². The molecule has 0 atom stereocenters. The van der Waals surface area contributed by atoms with Crippen molar-refractivity contribution in [1.29, 1.82) is 0 Å². The van der Waals surface area contributed by atoms with Crippen LogP contribution in [0.4, 0.5) is 11.8 Å². The topological polar surface area (TPSA) is 103 Å². The number of rotatable bonds is 4. The first-order valence-corrected chi connectivity index (χ1v) is 10.9. The van der Waals surface area contributed by atoms with Crippen LogP contribution >= 0.6 is 12.4 Å². The summed E-state index contributed by atoms with van der Waals surface area (Å²) in [6, 6.07) is 3.60. The maximum absolute atomic E-state index is 13.2. The molecule has 9 nitrogen and oxygen atoms in total. The van der Waals surface area contributed by atoms with E-state index in [1.807, 2.05) is 11.0 Å². The number of amides is 1. The summed E-state index contributed by atoms with van der Waals surface area (Å²) < 4.78 is 16.8. The summed E-state index contributed by atoms with van der Waals surface area (Å²) >= 11 is 0. The van der Waals surface area contributed by atoms with Crippen LogP contribution in [0.15, 0.2) is 12.1 Å². The molecule has 1 aliphatic carbocycles. The van der Waals surface area contributed by atoms with E-state index in [1.54, 1.807) is 20.3 Å². The Morgan fingerprint density at radius 3 is 2.34 bits per heavy atom. The van der Waals surface area contributed by atoms with Crippen molar-refractivity contribution in [3.63, 3.8) is 0 Å². The number of methoxy groups -OCH3 is 2. The number of hydrogen-bond donors (Lipinski definition) is 1. The van der Waals surface area contributed by atoms with E-state index in [-0.39, 0.29) is 18.3 Å². The van der Waals surface area contributed by atoms with Crippen molar-refractivity contribution < 1.29 is 19.0 Å². The molecular formula is C22H30ClN5O4. The number of hydrogen-bond acceptors (Lipinski definition) is 8. The zero-order chi connectivity index (χ0) is 21.6. The Hall–Kier alpha value is -2.52. The molecule has 1 aromatic carbocycles. The van der Waals surface area contributed by atoms with Crippen molar-refractivity contribution in [2.45, 2.75) is 31.3 Å². The van der Waals surface area contributed by atoms with Crippen molar-refractivity contribution >= 4 is 41.0 Å². The van der Waals surface area contributed by atoms with E-state index in [1.165, 1.54) is 0 Å². The van der Waals surface area contributed by atoms with Crippen LogP contribution in [-0.4, -0.2) is 73.4 Å². The van der Waals surface area contributed by atoms with Gasteiger partial charge in [-0.3, -0.25) is 4.79 Å². The highest BCUT2D eigenvalue weighted by atomic mass is 35.5. The molecule has 4 fully saturated rings.